The van der Waals surface area contributed by atoms with Crippen LogP contribution in [0.1, 0.15) is 50.4 Å². The van der Waals surface area contributed by atoms with Crippen molar-refractivity contribution >= 4 is 22.6 Å². The first kappa shape index (κ1) is 17.7. The molecule has 1 N–H and O–H groups in total. The third-order valence-corrected chi connectivity index (χ3v) is 5.17. The van der Waals surface area contributed by atoms with E-state index < -0.39 is 5.41 Å². The molecule has 4 rings (SSSR count). The molecule has 140 valence electrons. The summed E-state index contributed by atoms with van der Waals surface area (Å²) in [7, 11) is 0. The van der Waals surface area contributed by atoms with Crippen LogP contribution in [0.5, 0.6) is 0 Å². The normalized spacial score (nSPS) is 15.3. The monoisotopic (exact) mass is 362 g/mol. The Kier molecular flexibility index (Phi) is 4.46. The molecule has 0 amide bonds. The summed E-state index contributed by atoms with van der Waals surface area (Å²) in [5.41, 5.74) is 4.51. The van der Waals surface area contributed by atoms with Crippen LogP contribution in [0.3, 0.4) is 0 Å². The molecule has 5 nitrogen and oxygen atoms in total. The summed E-state index contributed by atoms with van der Waals surface area (Å²) in [6, 6.07) is 8.47. The fourth-order valence-corrected chi connectivity index (χ4v) is 3.62. The van der Waals surface area contributed by atoms with Crippen LogP contribution >= 0.6 is 0 Å². The Balaban J connectivity index is 1.73. The Morgan fingerprint density at radius 1 is 1.15 bits per heavy atom. The molecule has 1 fully saturated rings. The zero-order valence-electron chi connectivity index (χ0n) is 16.2. The number of piperidine rings is 1. The second kappa shape index (κ2) is 6.80. The molecule has 27 heavy (non-hydrogen) atoms. The molecule has 0 spiro atoms. The Morgan fingerprint density at radius 2 is 1.93 bits per heavy atom. The van der Waals surface area contributed by atoms with Crippen LogP contribution < -0.4 is 4.90 Å². The number of nitrogens with zero attached hydrogens (tertiary/aromatic N) is 3. The van der Waals surface area contributed by atoms with Gasteiger partial charge in [0.2, 0.25) is 0 Å². The van der Waals surface area contributed by atoms with E-state index in [0.29, 0.717) is 16.7 Å². The molecule has 0 saturated carbocycles. The first-order valence-electron chi connectivity index (χ1n) is 9.68. The average Bonchev–Trinajstić information content (AvgIpc) is 3.10. The standard InChI is InChI=1S/C22H26N4O/c1-22(2,3)20(27)17-13-23-21-19(17)25-18(14-24-21)15-8-7-9-16(12-15)26-10-5-4-6-11-26/h7-9,12-14H,4-6,10-11H2,1-3H3,(H,23,24). The van der Waals surface area contributed by atoms with Crippen LogP contribution in [-0.2, 0) is 0 Å². The van der Waals surface area contributed by atoms with Crippen molar-refractivity contribution in [1.82, 2.24) is 15.0 Å². The molecular weight excluding hydrogens is 336 g/mol. The van der Waals surface area contributed by atoms with Gasteiger partial charge in [-0.25, -0.2) is 9.97 Å². The van der Waals surface area contributed by atoms with Crippen molar-refractivity contribution < 1.29 is 4.79 Å². The van der Waals surface area contributed by atoms with E-state index in [0.717, 1.165) is 24.3 Å². The first-order valence-corrected chi connectivity index (χ1v) is 9.68. The number of H-pyrrole nitrogens is 1. The Labute approximate surface area is 159 Å². The van der Waals surface area contributed by atoms with Crippen molar-refractivity contribution in [3.8, 4) is 11.3 Å². The molecule has 3 heterocycles. The van der Waals surface area contributed by atoms with Crippen molar-refractivity contribution in [2.24, 2.45) is 5.41 Å². The van der Waals surface area contributed by atoms with Gasteiger partial charge in [-0.05, 0) is 31.4 Å². The fourth-order valence-electron chi connectivity index (χ4n) is 3.62. The molecule has 1 aliphatic heterocycles. The number of hydrogen-bond acceptors (Lipinski definition) is 4. The summed E-state index contributed by atoms with van der Waals surface area (Å²) >= 11 is 0. The summed E-state index contributed by atoms with van der Waals surface area (Å²) in [6.07, 6.45) is 7.32. The maximum atomic E-state index is 12.8. The number of anilines is 1. The molecule has 0 bridgehead atoms. The largest absolute Gasteiger partial charge is 0.372 e. The van der Waals surface area contributed by atoms with Crippen LogP contribution in [0.25, 0.3) is 22.4 Å². The smallest absolute Gasteiger partial charge is 0.171 e. The summed E-state index contributed by atoms with van der Waals surface area (Å²) < 4.78 is 0. The van der Waals surface area contributed by atoms with Crippen molar-refractivity contribution in [2.45, 2.75) is 40.0 Å². The number of Topliss-reactive ketones (excluding diaryl/α,β-unsaturated/α-hetero) is 1. The van der Waals surface area contributed by atoms with E-state index >= 15 is 0 Å². The Morgan fingerprint density at radius 3 is 2.67 bits per heavy atom. The van der Waals surface area contributed by atoms with Crippen LogP contribution in [0.4, 0.5) is 5.69 Å². The predicted molar refractivity (Wildman–Crippen MR) is 109 cm³/mol. The third-order valence-electron chi connectivity index (χ3n) is 5.17. The number of fused-ring (bicyclic) bond motifs is 1. The van der Waals surface area contributed by atoms with Crippen molar-refractivity contribution in [3.63, 3.8) is 0 Å². The highest BCUT2D eigenvalue weighted by atomic mass is 16.1. The minimum atomic E-state index is -0.457. The van der Waals surface area contributed by atoms with Gasteiger partial charge in [-0.3, -0.25) is 4.79 Å². The van der Waals surface area contributed by atoms with E-state index in [1.165, 1.54) is 24.9 Å². The van der Waals surface area contributed by atoms with Gasteiger partial charge in [0.15, 0.2) is 11.4 Å². The molecule has 2 aromatic heterocycles. The van der Waals surface area contributed by atoms with Gasteiger partial charge >= 0.3 is 0 Å². The molecule has 0 unspecified atom stereocenters. The third kappa shape index (κ3) is 3.46. The number of hydrogen-bond donors (Lipinski definition) is 1. The van der Waals surface area contributed by atoms with E-state index in [1.54, 1.807) is 12.4 Å². The number of nitrogens with one attached hydrogen (secondary N) is 1. The fraction of sp³-hybridized carbons (Fsp3) is 0.409. The van der Waals surface area contributed by atoms with E-state index in [9.17, 15) is 4.79 Å². The lowest BCUT2D eigenvalue weighted by Crippen LogP contribution is -2.29. The van der Waals surface area contributed by atoms with E-state index in [2.05, 4.69) is 39.1 Å². The molecular formula is C22H26N4O. The van der Waals surface area contributed by atoms with E-state index in [4.69, 9.17) is 4.98 Å². The predicted octanol–water partition coefficient (Wildman–Crippen LogP) is 4.84. The summed E-state index contributed by atoms with van der Waals surface area (Å²) in [5, 5.41) is 0. The van der Waals surface area contributed by atoms with Crippen molar-refractivity contribution in [1.29, 1.82) is 0 Å². The number of carbonyl (C=O) groups is 1. The van der Waals surface area contributed by atoms with Crippen molar-refractivity contribution in [3.05, 3.63) is 42.2 Å². The zero-order valence-corrected chi connectivity index (χ0v) is 16.2. The maximum Gasteiger partial charge on any atom is 0.171 e. The topological polar surface area (TPSA) is 61.9 Å². The zero-order chi connectivity index (χ0) is 19.0. The average molecular weight is 362 g/mol. The second-order valence-corrected chi connectivity index (χ2v) is 8.33. The van der Waals surface area contributed by atoms with E-state index in [-0.39, 0.29) is 5.78 Å². The van der Waals surface area contributed by atoms with E-state index in [1.807, 2.05) is 20.8 Å². The SMILES string of the molecule is CC(C)(C)C(=O)c1c[nH]c2ncc(-c3cccc(N4CCCCC4)c3)nc12. The molecule has 3 aromatic rings. The number of rotatable bonds is 3. The van der Waals surface area contributed by atoms with Gasteiger partial charge < -0.3 is 9.88 Å². The Bertz CT molecular complexity index is 977. The van der Waals surface area contributed by atoms with Gasteiger partial charge in [-0.1, -0.05) is 32.9 Å². The highest BCUT2D eigenvalue weighted by molar-refractivity contribution is 6.08. The van der Waals surface area contributed by atoms with Gasteiger partial charge in [0.1, 0.15) is 5.52 Å². The highest BCUT2D eigenvalue weighted by Crippen LogP contribution is 2.29. The van der Waals surface area contributed by atoms with Gasteiger partial charge in [0, 0.05) is 36.0 Å². The molecule has 5 heteroatoms. The number of ketones is 1. The number of aromatic amines is 1. The maximum absolute atomic E-state index is 12.8. The quantitative estimate of drug-likeness (QED) is 0.677. The number of carbonyl (C=O) groups excluding carboxylic acids is 1. The summed E-state index contributed by atoms with van der Waals surface area (Å²) in [5.74, 6) is 0.0715. The molecule has 1 aliphatic rings. The van der Waals surface area contributed by atoms with Gasteiger partial charge in [-0.15, -0.1) is 0 Å². The second-order valence-electron chi connectivity index (χ2n) is 8.33. The lowest BCUT2D eigenvalue weighted by Gasteiger charge is -2.29. The molecule has 0 radical (unpaired) electrons. The molecule has 1 aromatic carbocycles. The van der Waals surface area contributed by atoms with Gasteiger partial charge in [0.25, 0.3) is 0 Å². The number of aromatic nitrogens is 3. The molecule has 1 saturated heterocycles. The van der Waals surface area contributed by atoms with Crippen LogP contribution in [0.2, 0.25) is 0 Å². The van der Waals surface area contributed by atoms with Crippen LogP contribution in [0.15, 0.2) is 36.7 Å². The Hall–Kier alpha value is -2.69. The van der Waals surface area contributed by atoms with Gasteiger partial charge in [0.05, 0.1) is 17.5 Å². The summed E-state index contributed by atoms with van der Waals surface area (Å²) in [6.45, 7) is 7.99. The van der Waals surface area contributed by atoms with Crippen LogP contribution in [0, 0.1) is 5.41 Å². The number of benzene rings is 1. The minimum Gasteiger partial charge on any atom is -0.372 e. The highest BCUT2D eigenvalue weighted by Gasteiger charge is 2.26. The lowest BCUT2D eigenvalue weighted by atomic mass is 9.87. The first-order chi connectivity index (χ1) is 12.9. The summed E-state index contributed by atoms with van der Waals surface area (Å²) in [4.78, 5) is 27.6. The lowest BCUT2D eigenvalue weighted by molar-refractivity contribution is 0.0860. The molecule has 0 aliphatic carbocycles. The van der Waals surface area contributed by atoms with Gasteiger partial charge in [-0.2, -0.15) is 0 Å². The van der Waals surface area contributed by atoms with Crippen LogP contribution in [-0.4, -0.2) is 33.8 Å². The molecule has 0 atom stereocenters. The van der Waals surface area contributed by atoms with Crippen molar-refractivity contribution in [2.75, 3.05) is 18.0 Å². The minimum absolute atomic E-state index is 0.0715.